The van der Waals surface area contributed by atoms with E-state index in [0.29, 0.717) is 5.82 Å². The van der Waals surface area contributed by atoms with Crippen molar-refractivity contribution in [3.63, 3.8) is 0 Å². The summed E-state index contributed by atoms with van der Waals surface area (Å²) in [6, 6.07) is 11.5. The molecule has 106 valence electrons. The topological polar surface area (TPSA) is 86.2 Å². The van der Waals surface area contributed by atoms with Gasteiger partial charge in [-0.15, -0.1) is 0 Å². The van der Waals surface area contributed by atoms with Gasteiger partial charge in [-0.25, -0.2) is 10.4 Å². The number of aryl methyl sites for hydroxylation is 1. The molecule has 1 aromatic heterocycles. The molecule has 0 saturated carbocycles. The van der Waals surface area contributed by atoms with E-state index < -0.39 is 0 Å². The minimum Gasteiger partial charge on any atom is -0.383 e. The Morgan fingerprint density at radius 1 is 1.20 bits per heavy atom. The molecular formula is C15H20N4O. The Kier molecular flexibility index (Phi) is 4.68. The van der Waals surface area contributed by atoms with Gasteiger partial charge in [-0.05, 0) is 24.1 Å². The number of rotatable bonds is 5. The average Bonchev–Trinajstić information content (AvgIpc) is 2.47. The van der Waals surface area contributed by atoms with E-state index in [-0.39, 0.29) is 12.1 Å². The van der Waals surface area contributed by atoms with E-state index in [2.05, 4.69) is 10.4 Å². The number of ether oxygens (including phenoxy) is 1. The van der Waals surface area contributed by atoms with Gasteiger partial charge in [-0.2, -0.15) is 0 Å². The van der Waals surface area contributed by atoms with Crippen molar-refractivity contribution in [2.45, 2.75) is 19.1 Å². The number of benzene rings is 1. The zero-order valence-electron chi connectivity index (χ0n) is 11.7. The summed E-state index contributed by atoms with van der Waals surface area (Å²) >= 11 is 0. The summed E-state index contributed by atoms with van der Waals surface area (Å²) in [6.45, 7) is 1.98. The van der Waals surface area contributed by atoms with Gasteiger partial charge in [0.25, 0.3) is 0 Å². The fraction of sp³-hybridized carbons (Fsp3) is 0.267. The second-order valence-electron chi connectivity index (χ2n) is 4.64. The minimum absolute atomic E-state index is 0.244. The van der Waals surface area contributed by atoms with Gasteiger partial charge in [0.2, 0.25) is 0 Å². The number of nitrogen functional groups attached to an aromatic ring is 1. The molecule has 1 aromatic carbocycles. The standard InChI is InChI=1S/C15H20N4O/c1-10-8-9-18-15(16)12(10)13(19-17)14(20-2)11-6-4-3-5-7-11/h3-9,13-14,19H,17H2,1-2H3,(H2,16,18). The number of aromatic nitrogens is 1. The van der Waals surface area contributed by atoms with Crippen molar-refractivity contribution in [1.29, 1.82) is 0 Å². The van der Waals surface area contributed by atoms with Crippen LogP contribution in [0.5, 0.6) is 0 Å². The minimum atomic E-state index is -0.268. The van der Waals surface area contributed by atoms with Crippen molar-refractivity contribution in [2.24, 2.45) is 5.84 Å². The Morgan fingerprint density at radius 3 is 2.45 bits per heavy atom. The zero-order valence-corrected chi connectivity index (χ0v) is 11.7. The largest absolute Gasteiger partial charge is 0.383 e. The lowest BCUT2D eigenvalue weighted by atomic mass is 9.93. The molecule has 5 N–H and O–H groups in total. The molecule has 0 aliphatic rings. The summed E-state index contributed by atoms with van der Waals surface area (Å²) in [7, 11) is 1.66. The van der Waals surface area contributed by atoms with Crippen molar-refractivity contribution >= 4 is 5.82 Å². The molecule has 1 heterocycles. The van der Waals surface area contributed by atoms with Crippen LogP contribution in [0.25, 0.3) is 0 Å². The van der Waals surface area contributed by atoms with Crippen LogP contribution >= 0.6 is 0 Å². The van der Waals surface area contributed by atoms with Crippen LogP contribution in [0.2, 0.25) is 0 Å². The average molecular weight is 272 g/mol. The number of pyridine rings is 1. The molecule has 0 saturated heterocycles. The third kappa shape index (κ3) is 2.80. The SMILES string of the molecule is COC(c1ccccc1)C(NN)c1c(C)ccnc1N. The lowest BCUT2D eigenvalue weighted by Gasteiger charge is -2.28. The molecular weight excluding hydrogens is 252 g/mol. The predicted octanol–water partition coefficient (Wildman–Crippen LogP) is 1.86. The van der Waals surface area contributed by atoms with E-state index >= 15 is 0 Å². The van der Waals surface area contributed by atoms with Crippen LogP contribution in [-0.2, 0) is 4.74 Å². The highest BCUT2D eigenvalue weighted by Crippen LogP contribution is 2.34. The summed E-state index contributed by atoms with van der Waals surface area (Å²) < 4.78 is 5.63. The second-order valence-corrected chi connectivity index (χ2v) is 4.64. The number of methoxy groups -OCH3 is 1. The van der Waals surface area contributed by atoms with Gasteiger partial charge >= 0.3 is 0 Å². The van der Waals surface area contributed by atoms with Gasteiger partial charge in [0.05, 0.1) is 6.04 Å². The normalized spacial score (nSPS) is 13.9. The number of anilines is 1. The highest BCUT2D eigenvalue weighted by atomic mass is 16.5. The first-order chi connectivity index (χ1) is 9.69. The summed E-state index contributed by atoms with van der Waals surface area (Å²) in [5.41, 5.74) is 11.7. The predicted molar refractivity (Wildman–Crippen MR) is 79.6 cm³/mol. The third-order valence-electron chi connectivity index (χ3n) is 3.41. The van der Waals surface area contributed by atoms with E-state index in [1.807, 2.05) is 43.3 Å². The molecule has 0 spiro atoms. The Hall–Kier alpha value is -1.95. The van der Waals surface area contributed by atoms with E-state index in [1.54, 1.807) is 13.3 Å². The number of nitrogens with two attached hydrogens (primary N) is 2. The maximum atomic E-state index is 6.01. The Labute approximate surface area is 118 Å². The van der Waals surface area contributed by atoms with Crippen LogP contribution in [-0.4, -0.2) is 12.1 Å². The number of hydrogen-bond donors (Lipinski definition) is 3. The van der Waals surface area contributed by atoms with Crippen LogP contribution in [0.15, 0.2) is 42.6 Å². The Balaban J connectivity index is 2.45. The number of hydrazine groups is 1. The van der Waals surface area contributed by atoms with Gasteiger partial charge in [-0.1, -0.05) is 30.3 Å². The summed E-state index contributed by atoms with van der Waals surface area (Å²) in [5, 5.41) is 0. The fourth-order valence-electron chi connectivity index (χ4n) is 2.42. The third-order valence-corrected chi connectivity index (χ3v) is 3.41. The molecule has 5 nitrogen and oxygen atoms in total. The van der Waals surface area contributed by atoms with E-state index in [1.165, 1.54) is 0 Å². The smallest absolute Gasteiger partial charge is 0.128 e. The van der Waals surface area contributed by atoms with Crippen LogP contribution in [0.4, 0.5) is 5.82 Å². The number of nitrogens with zero attached hydrogens (tertiary/aromatic N) is 1. The highest BCUT2D eigenvalue weighted by Gasteiger charge is 2.27. The van der Waals surface area contributed by atoms with Gasteiger partial charge < -0.3 is 10.5 Å². The Morgan fingerprint density at radius 2 is 1.90 bits per heavy atom. The maximum Gasteiger partial charge on any atom is 0.128 e. The van der Waals surface area contributed by atoms with Gasteiger partial charge in [-0.3, -0.25) is 5.84 Å². The molecule has 0 aliphatic heterocycles. The molecule has 0 amide bonds. The first kappa shape index (κ1) is 14.5. The maximum absolute atomic E-state index is 6.01. The Bertz CT molecular complexity index is 539. The molecule has 20 heavy (non-hydrogen) atoms. The molecule has 0 radical (unpaired) electrons. The molecule has 2 unspecified atom stereocenters. The van der Waals surface area contributed by atoms with E-state index in [0.717, 1.165) is 16.7 Å². The molecule has 2 rings (SSSR count). The van der Waals surface area contributed by atoms with Crippen LogP contribution < -0.4 is 17.0 Å². The van der Waals surface area contributed by atoms with Crippen LogP contribution in [0.1, 0.15) is 28.8 Å². The van der Waals surface area contributed by atoms with Gasteiger partial charge in [0.15, 0.2) is 0 Å². The van der Waals surface area contributed by atoms with Crippen molar-refractivity contribution < 1.29 is 4.74 Å². The summed E-state index contributed by atoms with van der Waals surface area (Å²) in [4.78, 5) is 4.15. The lowest BCUT2D eigenvalue weighted by molar-refractivity contribution is 0.0675. The zero-order chi connectivity index (χ0) is 14.5. The van der Waals surface area contributed by atoms with Crippen molar-refractivity contribution in [1.82, 2.24) is 10.4 Å². The van der Waals surface area contributed by atoms with Crippen molar-refractivity contribution in [2.75, 3.05) is 12.8 Å². The molecule has 5 heteroatoms. The first-order valence-electron chi connectivity index (χ1n) is 6.44. The number of nitrogens with one attached hydrogen (secondary N) is 1. The molecule has 0 aliphatic carbocycles. The molecule has 0 bridgehead atoms. The molecule has 2 aromatic rings. The second kappa shape index (κ2) is 6.47. The van der Waals surface area contributed by atoms with Crippen molar-refractivity contribution in [3.8, 4) is 0 Å². The van der Waals surface area contributed by atoms with E-state index in [9.17, 15) is 0 Å². The van der Waals surface area contributed by atoms with Crippen molar-refractivity contribution in [3.05, 3.63) is 59.3 Å². The number of hydrogen-bond acceptors (Lipinski definition) is 5. The summed E-state index contributed by atoms with van der Waals surface area (Å²) in [6.07, 6.45) is 1.44. The molecule has 0 fully saturated rings. The highest BCUT2D eigenvalue weighted by molar-refractivity contribution is 5.47. The first-order valence-corrected chi connectivity index (χ1v) is 6.44. The van der Waals surface area contributed by atoms with E-state index in [4.69, 9.17) is 16.3 Å². The van der Waals surface area contributed by atoms with Crippen LogP contribution in [0, 0.1) is 6.92 Å². The summed E-state index contributed by atoms with van der Waals surface area (Å²) in [5.74, 6) is 6.21. The van der Waals surface area contributed by atoms with Crippen LogP contribution in [0.3, 0.4) is 0 Å². The quantitative estimate of drug-likeness (QED) is 0.571. The monoisotopic (exact) mass is 272 g/mol. The van der Waals surface area contributed by atoms with Gasteiger partial charge in [0.1, 0.15) is 11.9 Å². The lowest BCUT2D eigenvalue weighted by Crippen LogP contribution is -2.34. The molecule has 2 atom stereocenters. The van der Waals surface area contributed by atoms with Gasteiger partial charge in [0, 0.05) is 18.9 Å². The fourth-order valence-corrected chi connectivity index (χ4v) is 2.42.